The summed E-state index contributed by atoms with van der Waals surface area (Å²) in [5, 5.41) is 5.69. The minimum atomic E-state index is -0.611. The van der Waals surface area contributed by atoms with Crippen LogP contribution in [0.5, 0.6) is 0 Å². The van der Waals surface area contributed by atoms with Crippen molar-refractivity contribution in [2.45, 2.75) is 37.8 Å². The number of likely N-dealkylation sites (tertiary alicyclic amines) is 1. The van der Waals surface area contributed by atoms with Crippen molar-refractivity contribution < 1.29 is 14.4 Å². The summed E-state index contributed by atoms with van der Waals surface area (Å²) in [6, 6.07) is 6.89. The quantitative estimate of drug-likeness (QED) is 0.817. The second-order valence-electron chi connectivity index (χ2n) is 6.32. The SMILES string of the molecule is O=C1NC(=O)C(CCC(=O)N2CCCC2c2nc3ccccc3s2)N1. The monoisotopic (exact) mass is 358 g/mol. The predicted molar refractivity (Wildman–Crippen MR) is 93.0 cm³/mol. The number of benzene rings is 1. The number of rotatable bonds is 4. The molecule has 2 fully saturated rings. The molecular weight excluding hydrogens is 340 g/mol. The van der Waals surface area contributed by atoms with Gasteiger partial charge in [-0.3, -0.25) is 14.9 Å². The average Bonchev–Trinajstić information content (AvgIpc) is 3.29. The van der Waals surface area contributed by atoms with E-state index in [2.05, 4.69) is 10.6 Å². The van der Waals surface area contributed by atoms with E-state index in [4.69, 9.17) is 4.98 Å². The molecule has 2 aliphatic heterocycles. The smallest absolute Gasteiger partial charge is 0.322 e. The summed E-state index contributed by atoms with van der Waals surface area (Å²) in [6.45, 7) is 0.711. The van der Waals surface area contributed by atoms with E-state index in [1.54, 1.807) is 11.3 Å². The molecule has 1 aromatic carbocycles. The van der Waals surface area contributed by atoms with Crippen molar-refractivity contribution in [3.05, 3.63) is 29.3 Å². The Morgan fingerprint density at radius 1 is 1.32 bits per heavy atom. The fourth-order valence-corrected chi connectivity index (χ4v) is 4.54. The second kappa shape index (κ2) is 6.44. The Morgan fingerprint density at radius 3 is 2.92 bits per heavy atom. The van der Waals surface area contributed by atoms with Crippen molar-refractivity contribution in [1.29, 1.82) is 0 Å². The first-order chi connectivity index (χ1) is 12.1. The maximum Gasteiger partial charge on any atom is 0.322 e. The summed E-state index contributed by atoms with van der Waals surface area (Å²) >= 11 is 1.63. The van der Waals surface area contributed by atoms with Crippen molar-refractivity contribution in [2.24, 2.45) is 0 Å². The molecule has 8 heteroatoms. The molecule has 130 valence electrons. The molecule has 2 saturated heterocycles. The zero-order chi connectivity index (χ0) is 17.4. The van der Waals surface area contributed by atoms with E-state index in [9.17, 15) is 14.4 Å². The van der Waals surface area contributed by atoms with Crippen LogP contribution in [0.15, 0.2) is 24.3 Å². The van der Waals surface area contributed by atoms with E-state index in [-0.39, 0.29) is 24.3 Å². The summed E-state index contributed by atoms with van der Waals surface area (Å²) in [4.78, 5) is 41.9. The van der Waals surface area contributed by atoms with Gasteiger partial charge in [0.1, 0.15) is 11.0 Å². The summed E-state index contributed by atoms with van der Waals surface area (Å²) in [7, 11) is 0. The lowest BCUT2D eigenvalue weighted by atomic mass is 10.1. The number of thiazole rings is 1. The molecule has 2 atom stereocenters. The third-order valence-electron chi connectivity index (χ3n) is 4.67. The Morgan fingerprint density at radius 2 is 2.16 bits per heavy atom. The maximum atomic E-state index is 12.6. The van der Waals surface area contributed by atoms with Gasteiger partial charge in [-0.15, -0.1) is 11.3 Å². The molecule has 2 aliphatic rings. The number of hydrogen-bond donors (Lipinski definition) is 2. The van der Waals surface area contributed by atoms with Gasteiger partial charge >= 0.3 is 6.03 Å². The van der Waals surface area contributed by atoms with Gasteiger partial charge in [-0.05, 0) is 31.4 Å². The van der Waals surface area contributed by atoms with Gasteiger partial charge in [0.05, 0.1) is 16.3 Å². The van der Waals surface area contributed by atoms with Gasteiger partial charge in [0.15, 0.2) is 0 Å². The van der Waals surface area contributed by atoms with Crippen molar-refractivity contribution in [3.8, 4) is 0 Å². The lowest BCUT2D eigenvalue weighted by molar-refractivity contribution is -0.132. The van der Waals surface area contributed by atoms with Crippen LogP contribution in [0.25, 0.3) is 10.2 Å². The molecule has 0 spiro atoms. The van der Waals surface area contributed by atoms with E-state index >= 15 is 0 Å². The summed E-state index contributed by atoms with van der Waals surface area (Å²) in [6.07, 6.45) is 2.42. The average molecular weight is 358 g/mol. The van der Waals surface area contributed by atoms with Gasteiger partial charge in [0.25, 0.3) is 5.91 Å². The number of nitrogens with one attached hydrogen (secondary N) is 2. The van der Waals surface area contributed by atoms with Gasteiger partial charge < -0.3 is 10.2 Å². The molecule has 7 nitrogen and oxygen atoms in total. The first-order valence-corrected chi connectivity index (χ1v) is 9.20. The number of carbonyl (C=O) groups excluding carboxylic acids is 3. The third-order valence-corrected chi connectivity index (χ3v) is 5.81. The topological polar surface area (TPSA) is 91.4 Å². The van der Waals surface area contributed by atoms with Crippen LogP contribution < -0.4 is 10.6 Å². The molecule has 3 heterocycles. The molecule has 0 aliphatic carbocycles. The summed E-state index contributed by atoms with van der Waals surface area (Å²) in [5.74, 6) is -0.349. The van der Waals surface area contributed by atoms with Crippen molar-refractivity contribution >= 4 is 39.4 Å². The maximum absolute atomic E-state index is 12.6. The summed E-state index contributed by atoms with van der Waals surface area (Å²) in [5.41, 5.74) is 0.965. The Balaban J connectivity index is 1.44. The van der Waals surface area contributed by atoms with Crippen LogP contribution in [0.3, 0.4) is 0 Å². The molecule has 4 amide bonds. The summed E-state index contributed by atoms with van der Waals surface area (Å²) < 4.78 is 1.13. The highest BCUT2D eigenvalue weighted by molar-refractivity contribution is 7.18. The van der Waals surface area contributed by atoms with Crippen molar-refractivity contribution in [2.75, 3.05) is 6.54 Å². The van der Waals surface area contributed by atoms with Crippen LogP contribution in [0.1, 0.15) is 36.7 Å². The number of nitrogens with zero attached hydrogens (tertiary/aromatic N) is 2. The van der Waals surface area contributed by atoms with Crippen molar-refractivity contribution in [3.63, 3.8) is 0 Å². The largest absolute Gasteiger partial charge is 0.333 e. The van der Waals surface area contributed by atoms with E-state index < -0.39 is 12.1 Å². The first-order valence-electron chi connectivity index (χ1n) is 8.38. The highest BCUT2D eigenvalue weighted by atomic mass is 32.1. The molecule has 2 N–H and O–H groups in total. The molecular formula is C17H18N4O3S. The highest BCUT2D eigenvalue weighted by Gasteiger charge is 2.34. The number of fused-ring (bicyclic) bond motifs is 1. The Labute approximate surface area is 148 Å². The van der Waals surface area contributed by atoms with E-state index in [0.29, 0.717) is 13.0 Å². The van der Waals surface area contributed by atoms with Gasteiger partial charge in [-0.2, -0.15) is 0 Å². The zero-order valence-corrected chi connectivity index (χ0v) is 14.3. The van der Waals surface area contributed by atoms with Gasteiger partial charge in [-0.1, -0.05) is 12.1 Å². The lowest BCUT2D eigenvalue weighted by Gasteiger charge is -2.23. The number of para-hydroxylation sites is 1. The van der Waals surface area contributed by atoms with Crippen molar-refractivity contribution in [1.82, 2.24) is 20.5 Å². The molecule has 4 rings (SSSR count). The predicted octanol–water partition coefficient (Wildman–Crippen LogP) is 1.95. The van der Waals surface area contributed by atoms with E-state index in [1.807, 2.05) is 29.2 Å². The number of carbonyl (C=O) groups is 3. The minimum Gasteiger partial charge on any atom is -0.333 e. The van der Waals surface area contributed by atoms with Crippen LogP contribution in [0.4, 0.5) is 4.79 Å². The molecule has 1 aromatic heterocycles. The third kappa shape index (κ3) is 3.09. The lowest BCUT2D eigenvalue weighted by Crippen LogP contribution is -2.34. The molecule has 2 unspecified atom stereocenters. The van der Waals surface area contributed by atoms with Crippen LogP contribution in [0.2, 0.25) is 0 Å². The molecule has 0 saturated carbocycles. The van der Waals surface area contributed by atoms with Gasteiger partial charge in [0.2, 0.25) is 5.91 Å². The zero-order valence-electron chi connectivity index (χ0n) is 13.5. The second-order valence-corrected chi connectivity index (χ2v) is 7.38. The van der Waals surface area contributed by atoms with E-state index in [0.717, 1.165) is 28.1 Å². The highest BCUT2D eigenvalue weighted by Crippen LogP contribution is 2.36. The molecule has 0 bridgehead atoms. The number of amides is 4. The fraction of sp³-hybridized carbons (Fsp3) is 0.412. The molecule has 2 aromatic rings. The van der Waals surface area contributed by atoms with Crippen LogP contribution in [0, 0.1) is 0 Å². The standard InChI is InChI=1S/C17H18N4O3S/c22-14(8-7-11-15(23)20-17(24)19-11)21-9-3-5-12(21)16-18-10-4-1-2-6-13(10)25-16/h1-2,4,6,11-12H,3,5,7-9H2,(H2,19,20,23,24). The molecule has 25 heavy (non-hydrogen) atoms. The van der Waals surface area contributed by atoms with Crippen LogP contribution in [-0.2, 0) is 9.59 Å². The number of aromatic nitrogens is 1. The first kappa shape index (κ1) is 16.0. The van der Waals surface area contributed by atoms with E-state index in [1.165, 1.54) is 0 Å². The number of urea groups is 1. The normalized spacial score (nSPS) is 23.1. The fourth-order valence-electron chi connectivity index (χ4n) is 3.43. The van der Waals surface area contributed by atoms with Crippen LogP contribution >= 0.6 is 11.3 Å². The minimum absolute atomic E-state index is 0.00991. The van der Waals surface area contributed by atoms with Gasteiger partial charge in [0, 0.05) is 13.0 Å². The Hall–Kier alpha value is -2.48. The number of imide groups is 1. The number of hydrogen-bond acceptors (Lipinski definition) is 5. The van der Waals surface area contributed by atoms with Crippen LogP contribution in [-0.4, -0.2) is 40.3 Å². The Bertz CT molecular complexity index is 816. The molecule has 0 radical (unpaired) electrons. The van der Waals surface area contributed by atoms with Gasteiger partial charge in [-0.25, -0.2) is 9.78 Å². The Kier molecular flexibility index (Phi) is 4.12.